The van der Waals surface area contributed by atoms with Gasteiger partial charge in [0.15, 0.2) is 11.0 Å². The van der Waals surface area contributed by atoms with E-state index in [0.29, 0.717) is 26.3 Å². The van der Waals surface area contributed by atoms with Gasteiger partial charge in [-0.3, -0.25) is 4.79 Å². The quantitative estimate of drug-likeness (QED) is 0.272. The third-order valence-corrected chi connectivity index (χ3v) is 6.96. The van der Waals surface area contributed by atoms with Gasteiger partial charge < -0.3 is 14.6 Å². The molecule has 0 bridgehead atoms. The minimum absolute atomic E-state index is 0.107. The van der Waals surface area contributed by atoms with Crippen molar-refractivity contribution in [2.45, 2.75) is 5.16 Å². The molecule has 2 heterocycles. The highest BCUT2D eigenvalue weighted by atomic mass is 35.5. The Balaban J connectivity index is 1.48. The molecular formula is C23H19ClN4O3S2. The molecule has 0 spiro atoms. The average Bonchev–Trinajstić information content (AvgIpc) is 3.41. The smallest absolute Gasteiger partial charge is 0.341 e. The van der Waals surface area contributed by atoms with Gasteiger partial charge in [-0.2, -0.15) is 0 Å². The summed E-state index contributed by atoms with van der Waals surface area (Å²) >= 11 is 8.51. The molecule has 2 aromatic carbocycles. The van der Waals surface area contributed by atoms with Gasteiger partial charge in [-0.1, -0.05) is 65.8 Å². The third kappa shape index (κ3) is 5.11. The molecule has 10 heteroatoms. The lowest BCUT2D eigenvalue weighted by atomic mass is 10.0. The van der Waals surface area contributed by atoms with E-state index in [9.17, 15) is 9.59 Å². The van der Waals surface area contributed by atoms with Crippen molar-refractivity contribution in [3.8, 4) is 22.5 Å². The van der Waals surface area contributed by atoms with Crippen molar-refractivity contribution < 1.29 is 14.3 Å². The lowest BCUT2D eigenvalue weighted by Gasteiger charge is -2.08. The second-order valence-electron chi connectivity index (χ2n) is 6.92. The predicted octanol–water partition coefficient (Wildman–Crippen LogP) is 5.38. The van der Waals surface area contributed by atoms with Crippen LogP contribution in [-0.4, -0.2) is 39.5 Å². The minimum Gasteiger partial charge on any atom is -0.465 e. The molecule has 4 rings (SSSR count). The van der Waals surface area contributed by atoms with Gasteiger partial charge in [0.2, 0.25) is 5.91 Å². The van der Waals surface area contributed by atoms with E-state index >= 15 is 0 Å². The Hall–Kier alpha value is -3.14. The number of benzene rings is 2. The van der Waals surface area contributed by atoms with E-state index in [2.05, 4.69) is 15.5 Å². The van der Waals surface area contributed by atoms with Crippen molar-refractivity contribution in [1.29, 1.82) is 0 Å². The molecule has 4 aromatic rings. The van der Waals surface area contributed by atoms with Crippen LogP contribution in [0.3, 0.4) is 0 Å². The van der Waals surface area contributed by atoms with Crippen LogP contribution in [0.4, 0.5) is 5.00 Å². The Morgan fingerprint density at radius 1 is 1.09 bits per heavy atom. The normalized spacial score (nSPS) is 10.8. The number of carbonyl (C=O) groups is 2. The van der Waals surface area contributed by atoms with Gasteiger partial charge in [-0.05, 0) is 17.7 Å². The monoisotopic (exact) mass is 498 g/mol. The number of esters is 1. The zero-order valence-corrected chi connectivity index (χ0v) is 20.1. The molecular weight excluding hydrogens is 480 g/mol. The lowest BCUT2D eigenvalue weighted by Crippen LogP contribution is -2.16. The summed E-state index contributed by atoms with van der Waals surface area (Å²) in [7, 11) is 3.17. The highest BCUT2D eigenvalue weighted by Crippen LogP contribution is 2.36. The molecule has 0 aliphatic rings. The molecule has 0 fully saturated rings. The van der Waals surface area contributed by atoms with Crippen molar-refractivity contribution in [3.63, 3.8) is 0 Å². The number of halogens is 1. The fraction of sp³-hybridized carbons (Fsp3) is 0.130. The molecule has 7 nitrogen and oxygen atoms in total. The number of rotatable bonds is 7. The number of ether oxygens (including phenoxy) is 1. The number of thioether (sulfide) groups is 1. The van der Waals surface area contributed by atoms with Gasteiger partial charge in [0.1, 0.15) is 10.6 Å². The van der Waals surface area contributed by atoms with E-state index in [1.807, 2.05) is 59.5 Å². The van der Waals surface area contributed by atoms with Crippen molar-refractivity contribution in [2.75, 3.05) is 18.2 Å². The summed E-state index contributed by atoms with van der Waals surface area (Å²) in [6.45, 7) is 0. The summed E-state index contributed by atoms with van der Waals surface area (Å²) in [5.74, 6) is 0.0384. The fourth-order valence-corrected chi connectivity index (χ4v) is 4.98. The topological polar surface area (TPSA) is 86.1 Å². The van der Waals surface area contributed by atoms with Crippen LogP contribution >= 0.6 is 34.7 Å². The molecule has 0 unspecified atom stereocenters. The van der Waals surface area contributed by atoms with Crippen molar-refractivity contribution in [1.82, 2.24) is 14.8 Å². The van der Waals surface area contributed by atoms with Gasteiger partial charge in [-0.15, -0.1) is 21.5 Å². The number of aromatic nitrogens is 3. The van der Waals surface area contributed by atoms with Gasteiger partial charge in [-0.25, -0.2) is 4.79 Å². The van der Waals surface area contributed by atoms with Crippen LogP contribution in [0.5, 0.6) is 0 Å². The van der Waals surface area contributed by atoms with E-state index in [0.717, 1.165) is 17.0 Å². The first kappa shape index (κ1) is 23.0. The molecule has 1 amide bonds. The Morgan fingerprint density at radius 2 is 1.82 bits per heavy atom. The van der Waals surface area contributed by atoms with E-state index in [-0.39, 0.29) is 11.7 Å². The van der Waals surface area contributed by atoms with Crippen LogP contribution in [-0.2, 0) is 16.6 Å². The number of methoxy groups -OCH3 is 1. The summed E-state index contributed by atoms with van der Waals surface area (Å²) < 4.78 is 6.80. The summed E-state index contributed by atoms with van der Waals surface area (Å²) in [4.78, 5) is 25.2. The maximum Gasteiger partial charge on any atom is 0.341 e. The SMILES string of the molecule is COC(=O)c1c(-c2ccc(Cl)cc2)csc1NC(=O)CSc1nnc(-c2ccccc2)n1C. The summed E-state index contributed by atoms with van der Waals surface area (Å²) in [6, 6.07) is 16.8. The third-order valence-electron chi connectivity index (χ3n) is 4.79. The average molecular weight is 499 g/mol. The lowest BCUT2D eigenvalue weighted by molar-refractivity contribution is -0.113. The summed E-state index contributed by atoms with van der Waals surface area (Å²) in [6.07, 6.45) is 0. The van der Waals surface area contributed by atoms with Crippen LogP contribution in [0.15, 0.2) is 65.1 Å². The highest BCUT2D eigenvalue weighted by molar-refractivity contribution is 7.99. The second-order valence-corrected chi connectivity index (χ2v) is 9.18. The highest BCUT2D eigenvalue weighted by Gasteiger charge is 2.23. The van der Waals surface area contributed by atoms with Crippen LogP contribution in [0.2, 0.25) is 5.02 Å². The largest absolute Gasteiger partial charge is 0.465 e. The Morgan fingerprint density at radius 3 is 2.52 bits per heavy atom. The molecule has 0 atom stereocenters. The second kappa shape index (κ2) is 10.2. The Labute approximate surface area is 203 Å². The van der Waals surface area contributed by atoms with E-state index in [1.54, 1.807) is 12.1 Å². The molecule has 0 aliphatic carbocycles. The predicted molar refractivity (Wildman–Crippen MR) is 132 cm³/mol. The van der Waals surface area contributed by atoms with Crippen molar-refractivity contribution in [2.24, 2.45) is 7.05 Å². The number of carbonyl (C=O) groups excluding carboxylic acids is 2. The Bertz CT molecular complexity index is 1290. The van der Waals surface area contributed by atoms with Gasteiger partial charge in [0.05, 0.1) is 12.9 Å². The molecule has 1 N–H and O–H groups in total. The molecule has 0 saturated heterocycles. The number of nitrogens with zero attached hydrogens (tertiary/aromatic N) is 3. The molecule has 168 valence electrons. The first-order chi connectivity index (χ1) is 16.0. The van der Waals surface area contributed by atoms with E-state index < -0.39 is 5.97 Å². The standard InChI is InChI=1S/C23H19ClN4O3S2/c1-28-20(15-6-4-3-5-7-15)26-27-23(28)33-13-18(29)25-21-19(22(30)31-2)17(12-32-21)14-8-10-16(24)11-9-14/h3-12H,13H2,1-2H3,(H,25,29). The van der Waals surface area contributed by atoms with Crippen LogP contribution in [0.25, 0.3) is 22.5 Å². The molecule has 0 radical (unpaired) electrons. The van der Waals surface area contributed by atoms with Crippen LogP contribution < -0.4 is 5.32 Å². The van der Waals surface area contributed by atoms with Gasteiger partial charge in [0, 0.05) is 28.6 Å². The molecule has 0 saturated carbocycles. The zero-order valence-electron chi connectivity index (χ0n) is 17.7. The Kier molecular flexibility index (Phi) is 7.12. The van der Waals surface area contributed by atoms with Crippen molar-refractivity contribution >= 4 is 51.6 Å². The van der Waals surface area contributed by atoms with Crippen LogP contribution in [0.1, 0.15) is 10.4 Å². The molecule has 33 heavy (non-hydrogen) atoms. The number of amides is 1. The van der Waals surface area contributed by atoms with E-state index in [4.69, 9.17) is 16.3 Å². The zero-order chi connectivity index (χ0) is 23.4. The first-order valence-corrected chi connectivity index (χ1v) is 12.1. The number of thiophene rings is 1. The minimum atomic E-state index is -0.523. The first-order valence-electron chi connectivity index (χ1n) is 9.81. The molecule has 2 aromatic heterocycles. The number of anilines is 1. The van der Waals surface area contributed by atoms with E-state index in [1.165, 1.54) is 30.2 Å². The van der Waals surface area contributed by atoms with Gasteiger partial charge in [0.25, 0.3) is 0 Å². The maximum atomic E-state index is 12.7. The maximum absolute atomic E-state index is 12.7. The summed E-state index contributed by atoms with van der Waals surface area (Å²) in [5, 5.41) is 14.7. The number of hydrogen-bond acceptors (Lipinski definition) is 7. The fourth-order valence-electron chi connectivity index (χ4n) is 3.17. The summed E-state index contributed by atoms with van der Waals surface area (Å²) in [5.41, 5.74) is 2.73. The number of nitrogens with one attached hydrogen (secondary N) is 1. The number of hydrogen-bond donors (Lipinski definition) is 1. The van der Waals surface area contributed by atoms with Crippen molar-refractivity contribution in [3.05, 3.63) is 70.6 Å². The van der Waals surface area contributed by atoms with Gasteiger partial charge >= 0.3 is 5.97 Å². The van der Waals surface area contributed by atoms with Crippen LogP contribution in [0, 0.1) is 0 Å². The molecule has 0 aliphatic heterocycles.